The molecule has 5 nitrogen and oxygen atoms in total. The third-order valence-electron chi connectivity index (χ3n) is 3.44. The molecule has 0 atom stereocenters. The molecule has 0 aliphatic carbocycles. The first-order valence-corrected chi connectivity index (χ1v) is 7.82. The Bertz CT molecular complexity index is 726. The van der Waals surface area contributed by atoms with Crippen LogP contribution in [0.4, 0.5) is 5.69 Å². The fourth-order valence-corrected chi connectivity index (χ4v) is 3.82. The highest BCUT2D eigenvalue weighted by molar-refractivity contribution is 7.92. The minimum Gasteiger partial charge on any atom is -0.325 e. The second-order valence-electron chi connectivity index (χ2n) is 4.65. The van der Waals surface area contributed by atoms with Crippen LogP contribution in [0, 0.1) is 0 Å². The number of hydrogen-bond donors (Lipinski definition) is 1. The zero-order chi connectivity index (χ0) is 14.2. The number of fused-ring (bicyclic) bond motifs is 1. The topological polar surface area (TPSA) is 76.3 Å². The van der Waals surface area contributed by atoms with E-state index in [2.05, 4.69) is 4.98 Å². The Balaban J connectivity index is 2.00. The van der Waals surface area contributed by atoms with E-state index in [1.54, 1.807) is 12.1 Å². The SMILES string of the molecule is NCc1ccc(S(=O)(=O)N2CCc3ccccc32)cn1. The molecule has 2 aromatic rings. The van der Waals surface area contributed by atoms with Crippen LogP contribution >= 0.6 is 0 Å². The van der Waals surface area contributed by atoms with E-state index in [0.717, 1.165) is 17.7 Å². The van der Waals surface area contributed by atoms with Crippen LogP contribution in [0.2, 0.25) is 0 Å². The molecule has 1 aromatic carbocycles. The van der Waals surface area contributed by atoms with Crippen molar-refractivity contribution in [3.8, 4) is 0 Å². The van der Waals surface area contributed by atoms with E-state index in [1.165, 1.54) is 10.5 Å². The number of sulfonamides is 1. The summed E-state index contributed by atoms with van der Waals surface area (Å²) in [5.41, 5.74) is 7.96. The van der Waals surface area contributed by atoms with E-state index in [0.29, 0.717) is 18.8 Å². The molecule has 20 heavy (non-hydrogen) atoms. The zero-order valence-corrected chi connectivity index (χ0v) is 11.7. The lowest BCUT2D eigenvalue weighted by Crippen LogP contribution is -2.29. The third-order valence-corrected chi connectivity index (χ3v) is 5.24. The molecule has 0 saturated heterocycles. The molecule has 0 amide bonds. The van der Waals surface area contributed by atoms with Gasteiger partial charge in [0, 0.05) is 19.3 Å². The molecule has 104 valence electrons. The van der Waals surface area contributed by atoms with Gasteiger partial charge in [-0.2, -0.15) is 0 Å². The Labute approximate surface area is 118 Å². The lowest BCUT2D eigenvalue weighted by atomic mass is 10.2. The average Bonchev–Trinajstić information content (AvgIpc) is 2.92. The van der Waals surface area contributed by atoms with Crippen LogP contribution in [0.25, 0.3) is 0 Å². The largest absolute Gasteiger partial charge is 0.325 e. The zero-order valence-electron chi connectivity index (χ0n) is 10.9. The maximum atomic E-state index is 12.7. The Morgan fingerprint density at radius 3 is 2.70 bits per heavy atom. The van der Waals surface area contributed by atoms with Crippen LogP contribution < -0.4 is 10.0 Å². The Hall–Kier alpha value is -1.92. The molecule has 0 radical (unpaired) electrons. The summed E-state index contributed by atoms with van der Waals surface area (Å²) >= 11 is 0. The smallest absolute Gasteiger partial charge is 0.265 e. The first kappa shape index (κ1) is 13.1. The molecule has 2 N–H and O–H groups in total. The molecule has 3 rings (SSSR count). The summed E-state index contributed by atoms with van der Waals surface area (Å²) in [5, 5.41) is 0. The van der Waals surface area contributed by atoms with Crippen molar-refractivity contribution in [1.82, 2.24) is 4.98 Å². The first-order chi connectivity index (χ1) is 9.63. The molecule has 0 fully saturated rings. The van der Waals surface area contributed by atoms with Crippen molar-refractivity contribution in [3.63, 3.8) is 0 Å². The Morgan fingerprint density at radius 1 is 1.20 bits per heavy atom. The van der Waals surface area contributed by atoms with E-state index in [4.69, 9.17) is 5.73 Å². The van der Waals surface area contributed by atoms with Gasteiger partial charge in [0.2, 0.25) is 0 Å². The second kappa shape index (κ2) is 4.88. The van der Waals surface area contributed by atoms with Gasteiger partial charge in [-0.25, -0.2) is 8.42 Å². The highest BCUT2D eigenvalue weighted by Gasteiger charge is 2.30. The molecule has 0 unspecified atom stereocenters. The predicted molar refractivity (Wildman–Crippen MR) is 76.8 cm³/mol. The van der Waals surface area contributed by atoms with Crippen LogP contribution in [-0.2, 0) is 23.0 Å². The van der Waals surface area contributed by atoms with Gasteiger partial charge in [0.15, 0.2) is 0 Å². The number of rotatable bonds is 3. The summed E-state index contributed by atoms with van der Waals surface area (Å²) in [6.45, 7) is 0.771. The van der Waals surface area contributed by atoms with E-state index >= 15 is 0 Å². The van der Waals surface area contributed by atoms with Crippen LogP contribution in [0.15, 0.2) is 47.5 Å². The number of nitrogens with zero attached hydrogens (tertiary/aromatic N) is 2. The van der Waals surface area contributed by atoms with Gasteiger partial charge in [0.25, 0.3) is 10.0 Å². The normalized spacial score (nSPS) is 14.3. The molecule has 1 aliphatic rings. The average molecular weight is 289 g/mol. The minimum atomic E-state index is -3.55. The molecule has 1 aromatic heterocycles. The van der Waals surface area contributed by atoms with Gasteiger partial charge in [0.1, 0.15) is 4.90 Å². The minimum absolute atomic E-state index is 0.200. The van der Waals surface area contributed by atoms with E-state index in [1.807, 2.05) is 24.3 Å². The van der Waals surface area contributed by atoms with Crippen LogP contribution in [0.5, 0.6) is 0 Å². The van der Waals surface area contributed by atoms with Gasteiger partial charge < -0.3 is 5.73 Å². The maximum absolute atomic E-state index is 12.7. The highest BCUT2D eigenvalue weighted by atomic mass is 32.2. The predicted octanol–water partition coefficient (Wildman–Crippen LogP) is 1.29. The molecule has 0 spiro atoms. The Kier molecular flexibility index (Phi) is 3.19. The number of benzene rings is 1. The molecule has 0 saturated carbocycles. The van der Waals surface area contributed by atoms with Crippen molar-refractivity contribution in [2.24, 2.45) is 5.73 Å². The number of aromatic nitrogens is 1. The lowest BCUT2D eigenvalue weighted by Gasteiger charge is -2.19. The molecular formula is C14H15N3O2S. The first-order valence-electron chi connectivity index (χ1n) is 6.38. The highest BCUT2D eigenvalue weighted by Crippen LogP contribution is 2.32. The quantitative estimate of drug-likeness (QED) is 0.923. The summed E-state index contributed by atoms with van der Waals surface area (Å²) in [6.07, 6.45) is 2.11. The summed E-state index contributed by atoms with van der Waals surface area (Å²) in [4.78, 5) is 4.26. The van der Waals surface area contributed by atoms with Gasteiger partial charge in [-0.1, -0.05) is 18.2 Å². The number of pyridine rings is 1. The maximum Gasteiger partial charge on any atom is 0.265 e. The standard InChI is InChI=1S/C14H15N3O2S/c15-9-12-5-6-13(10-16-12)20(18,19)17-8-7-11-3-1-2-4-14(11)17/h1-6,10H,7-9,15H2. The molecule has 6 heteroatoms. The second-order valence-corrected chi connectivity index (χ2v) is 6.51. The van der Waals surface area contributed by atoms with Crippen molar-refractivity contribution in [2.75, 3.05) is 10.8 Å². The third kappa shape index (κ3) is 2.07. The van der Waals surface area contributed by atoms with Crippen LogP contribution in [0.1, 0.15) is 11.3 Å². The van der Waals surface area contributed by atoms with E-state index in [9.17, 15) is 8.42 Å². The van der Waals surface area contributed by atoms with Gasteiger partial charge in [-0.3, -0.25) is 9.29 Å². The van der Waals surface area contributed by atoms with Crippen molar-refractivity contribution >= 4 is 15.7 Å². The van der Waals surface area contributed by atoms with Crippen LogP contribution in [0.3, 0.4) is 0 Å². The Morgan fingerprint density at radius 2 is 2.00 bits per heavy atom. The summed E-state index contributed by atoms with van der Waals surface area (Å²) < 4.78 is 26.7. The fourth-order valence-electron chi connectivity index (χ4n) is 2.37. The van der Waals surface area contributed by atoms with Gasteiger partial charge in [0.05, 0.1) is 11.4 Å². The number of nitrogens with two attached hydrogens (primary N) is 1. The molecule has 2 heterocycles. The van der Waals surface area contributed by atoms with E-state index in [-0.39, 0.29) is 4.90 Å². The van der Waals surface area contributed by atoms with Crippen molar-refractivity contribution in [2.45, 2.75) is 17.9 Å². The van der Waals surface area contributed by atoms with E-state index < -0.39 is 10.0 Å². The molecule has 1 aliphatic heterocycles. The summed E-state index contributed by atoms with van der Waals surface area (Å²) in [7, 11) is -3.55. The number of hydrogen-bond acceptors (Lipinski definition) is 4. The lowest BCUT2D eigenvalue weighted by molar-refractivity contribution is 0.592. The number of anilines is 1. The fraction of sp³-hybridized carbons (Fsp3) is 0.214. The molecule has 0 bridgehead atoms. The monoisotopic (exact) mass is 289 g/mol. The molecular weight excluding hydrogens is 274 g/mol. The van der Waals surface area contributed by atoms with Gasteiger partial charge in [-0.15, -0.1) is 0 Å². The number of para-hydroxylation sites is 1. The van der Waals surface area contributed by atoms with Crippen molar-refractivity contribution < 1.29 is 8.42 Å². The van der Waals surface area contributed by atoms with Gasteiger partial charge >= 0.3 is 0 Å². The summed E-state index contributed by atoms with van der Waals surface area (Å²) in [5.74, 6) is 0. The van der Waals surface area contributed by atoms with Gasteiger partial charge in [-0.05, 0) is 30.2 Å². The van der Waals surface area contributed by atoms with Crippen molar-refractivity contribution in [1.29, 1.82) is 0 Å². The van der Waals surface area contributed by atoms with Crippen LogP contribution in [-0.4, -0.2) is 19.9 Å². The van der Waals surface area contributed by atoms with Crippen molar-refractivity contribution in [3.05, 3.63) is 53.9 Å². The summed E-state index contributed by atoms with van der Waals surface area (Å²) in [6, 6.07) is 10.8.